The minimum Gasteiger partial charge on any atom is -0.497 e. The normalized spacial score (nSPS) is 10.2. The number of aryl methyl sites for hydroxylation is 1. The van der Waals surface area contributed by atoms with Crippen LogP contribution in [0.5, 0.6) is 5.75 Å². The number of pyridine rings is 1. The zero-order valence-corrected chi connectivity index (χ0v) is 14.4. The predicted molar refractivity (Wildman–Crippen MR) is 95.6 cm³/mol. The van der Waals surface area contributed by atoms with Gasteiger partial charge >= 0.3 is 0 Å². The van der Waals surface area contributed by atoms with E-state index in [9.17, 15) is 9.59 Å². The van der Waals surface area contributed by atoms with Crippen LogP contribution in [0.15, 0.2) is 23.0 Å². The van der Waals surface area contributed by atoms with Gasteiger partial charge in [0.05, 0.1) is 18.5 Å². The van der Waals surface area contributed by atoms with Crippen LogP contribution in [0.3, 0.4) is 0 Å². The Kier molecular flexibility index (Phi) is 5.45. The number of nitrogens with zero attached hydrogens (tertiary/aromatic N) is 1. The molecule has 130 valence electrons. The summed E-state index contributed by atoms with van der Waals surface area (Å²) in [7, 11) is 1.53. The molecule has 1 amide bonds. The highest BCUT2D eigenvalue weighted by atomic mass is 16.5. The first-order chi connectivity index (χ1) is 11.9. The van der Waals surface area contributed by atoms with Crippen molar-refractivity contribution < 1.29 is 9.53 Å². The molecule has 7 heteroatoms. The molecule has 2 rings (SSSR count). The molecule has 0 unspecified atom stereocenters. The quantitative estimate of drug-likeness (QED) is 0.719. The van der Waals surface area contributed by atoms with Gasteiger partial charge in [-0.1, -0.05) is 0 Å². The minimum atomic E-state index is -0.408. The van der Waals surface area contributed by atoms with Crippen molar-refractivity contribution in [2.45, 2.75) is 26.7 Å². The van der Waals surface area contributed by atoms with Crippen LogP contribution in [0.4, 0.5) is 11.4 Å². The van der Waals surface area contributed by atoms with Crippen molar-refractivity contribution in [1.82, 2.24) is 4.98 Å². The largest absolute Gasteiger partial charge is 0.497 e. The molecule has 4 N–H and O–H groups in total. The van der Waals surface area contributed by atoms with Gasteiger partial charge in [-0.15, -0.1) is 0 Å². The van der Waals surface area contributed by atoms with Gasteiger partial charge in [0.2, 0.25) is 5.91 Å². The molecule has 0 spiro atoms. The molecule has 1 heterocycles. The fourth-order valence-electron chi connectivity index (χ4n) is 2.64. The smallest absolute Gasteiger partial charge is 0.266 e. The first kappa shape index (κ1) is 18.1. The standard InChI is InChI=1S/C18H20N4O3/c1-10-13(11(2)21-18(24)14(10)9-19)5-7-17(23)22-16-8-12(25-3)4-6-15(16)20/h4,6,8H,5,7,20H2,1-3H3,(H,21,24)(H,22,23). The van der Waals surface area contributed by atoms with Crippen molar-refractivity contribution in [3.63, 3.8) is 0 Å². The van der Waals surface area contributed by atoms with E-state index in [4.69, 9.17) is 15.7 Å². The zero-order valence-electron chi connectivity index (χ0n) is 14.4. The van der Waals surface area contributed by atoms with Crippen LogP contribution in [-0.2, 0) is 11.2 Å². The lowest BCUT2D eigenvalue weighted by Crippen LogP contribution is -2.18. The number of carbonyl (C=O) groups is 1. The average molecular weight is 340 g/mol. The predicted octanol–water partition coefficient (Wildman–Crippen LogP) is 2.03. The first-order valence-electron chi connectivity index (χ1n) is 7.73. The topological polar surface area (TPSA) is 121 Å². The highest BCUT2D eigenvalue weighted by molar-refractivity contribution is 5.94. The van der Waals surface area contributed by atoms with E-state index in [0.29, 0.717) is 34.8 Å². The monoisotopic (exact) mass is 340 g/mol. The fourth-order valence-corrected chi connectivity index (χ4v) is 2.64. The first-order valence-corrected chi connectivity index (χ1v) is 7.73. The maximum Gasteiger partial charge on any atom is 0.266 e. The molecule has 1 aromatic heterocycles. The van der Waals surface area contributed by atoms with E-state index in [2.05, 4.69) is 10.3 Å². The number of anilines is 2. The number of nitrogen functional groups attached to an aromatic ring is 1. The third-order valence-corrected chi connectivity index (χ3v) is 4.06. The lowest BCUT2D eigenvalue weighted by molar-refractivity contribution is -0.116. The van der Waals surface area contributed by atoms with Gasteiger partial charge < -0.3 is 20.8 Å². The van der Waals surface area contributed by atoms with Crippen LogP contribution in [0.25, 0.3) is 0 Å². The van der Waals surface area contributed by atoms with Crippen LogP contribution in [-0.4, -0.2) is 18.0 Å². The van der Waals surface area contributed by atoms with E-state index >= 15 is 0 Å². The molecule has 0 radical (unpaired) electrons. The number of benzene rings is 1. The molecule has 0 saturated carbocycles. The summed E-state index contributed by atoms with van der Waals surface area (Å²) in [4.78, 5) is 26.6. The second-order valence-electron chi connectivity index (χ2n) is 5.67. The molecular formula is C18H20N4O3. The molecule has 0 aliphatic rings. The van der Waals surface area contributed by atoms with Crippen molar-refractivity contribution in [1.29, 1.82) is 5.26 Å². The summed E-state index contributed by atoms with van der Waals surface area (Å²) in [5, 5.41) is 11.8. The van der Waals surface area contributed by atoms with Gasteiger partial charge in [0.25, 0.3) is 5.56 Å². The number of aromatic nitrogens is 1. The number of carbonyl (C=O) groups excluding carboxylic acids is 1. The summed E-state index contributed by atoms with van der Waals surface area (Å²) in [6.45, 7) is 3.47. The van der Waals surface area contributed by atoms with E-state index < -0.39 is 5.56 Å². The maximum atomic E-state index is 12.2. The maximum absolute atomic E-state index is 12.2. The van der Waals surface area contributed by atoms with Crippen LogP contribution in [0, 0.1) is 25.2 Å². The molecule has 0 aliphatic carbocycles. The Morgan fingerprint density at radius 2 is 2.12 bits per heavy atom. The number of nitriles is 1. The fraction of sp³-hybridized carbons (Fsp3) is 0.278. The van der Waals surface area contributed by atoms with E-state index in [1.165, 1.54) is 7.11 Å². The van der Waals surface area contributed by atoms with Crippen molar-refractivity contribution in [2.75, 3.05) is 18.2 Å². The number of rotatable bonds is 5. The molecule has 0 aliphatic heterocycles. The summed E-state index contributed by atoms with van der Waals surface area (Å²) in [6.07, 6.45) is 0.591. The number of nitrogens with two attached hydrogens (primary N) is 1. The SMILES string of the molecule is COc1ccc(N)c(NC(=O)CCc2c(C)[nH]c(=O)c(C#N)c2C)c1. The van der Waals surface area contributed by atoms with Gasteiger partial charge in [0.1, 0.15) is 17.4 Å². The van der Waals surface area contributed by atoms with E-state index in [1.54, 1.807) is 32.0 Å². The molecular weight excluding hydrogens is 320 g/mol. The molecule has 0 bridgehead atoms. The Labute approximate surface area is 145 Å². The van der Waals surface area contributed by atoms with Crippen molar-refractivity contribution in [2.24, 2.45) is 0 Å². The molecule has 2 aromatic rings. The summed E-state index contributed by atoms with van der Waals surface area (Å²) in [6, 6.07) is 6.92. The lowest BCUT2D eigenvalue weighted by atomic mass is 9.99. The van der Waals surface area contributed by atoms with Crippen molar-refractivity contribution in [3.05, 3.63) is 50.9 Å². The summed E-state index contributed by atoms with van der Waals surface area (Å²) < 4.78 is 5.12. The molecule has 7 nitrogen and oxygen atoms in total. The Bertz CT molecular complexity index is 910. The van der Waals surface area contributed by atoms with Crippen LogP contribution in [0.1, 0.15) is 28.8 Å². The van der Waals surface area contributed by atoms with Gasteiger partial charge in [-0.25, -0.2) is 0 Å². The van der Waals surface area contributed by atoms with Gasteiger partial charge in [-0.05, 0) is 43.5 Å². The number of amides is 1. The number of hydrogen-bond acceptors (Lipinski definition) is 5. The second kappa shape index (κ2) is 7.53. The average Bonchev–Trinajstić information content (AvgIpc) is 2.56. The van der Waals surface area contributed by atoms with Crippen molar-refractivity contribution in [3.8, 4) is 11.8 Å². The highest BCUT2D eigenvalue weighted by Crippen LogP contribution is 2.24. The zero-order chi connectivity index (χ0) is 18.6. The van der Waals surface area contributed by atoms with Gasteiger partial charge in [-0.2, -0.15) is 5.26 Å². The molecule has 0 fully saturated rings. The Balaban J connectivity index is 2.14. The van der Waals surface area contributed by atoms with Gasteiger partial charge in [0, 0.05) is 18.2 Å². The summed E-state index contributed by atoms with van der Waals surface area (Å²) in [5.41, 5.74) is 8.52. The number of hydrogen-bond donors (Lipinski definition) is 3. The number of methoxy groups -OCH3 is 1. The van der Waals surface area contributed by atoms with Gasteiger partial charge in [0.15, 0.2) is 0 Å². The van der Waals surface area contributed by atoms with Crippen LogP contribution < -0.4 is 21.3 Å². The summed E-state index contributed by atoms with van der Waals surface area (Å²) >= 11 is 0. The van der Waals surface area contributed by atoms with E-state index in [0.717, 1.165) is 5.56 Å². The molecule has 0 atom stereocenters. The number of H-pyrrole nitrogens is 1. The summed E-state index contributed by atoms with van der Waals surface area (Å²) in [5.74, 6) is 0.374. The third kappa shape index (κ3) is 3.98. The molecule has 1 aromatic carbocycles. The van der Waals surface area contributed by atoms with Crippen LogP contribution >= 0.6 is 0 Å². The minimum absolute atomic E-state index is 0.0815. The van der Waals surface area contributed by atoms with Crippen molar-refractivity contribution >= 4 is 17.3 Å². The number of ether oxygens (including phenoxy) is 1. The Morgan fingerprint density at radius 3 is 2.76 bits per heavy atom. The molecule has 25 heavy (non-hydrogen) atoms. The lowest BCUT2D eigenvalue weighted by Gasteiger charge is -2.12. The highest BCUT2D eigenvalue weighted by Gasteiger charge is 2.14. The Morgan fingerprint density at radius 1 is 1.40 bits per heavy atom. The number of aromatic amines is 1. The Hall–Kier alpha value is -3.27. The third-order valence-electron chi connectivity index (χ3n) is 4.06. The molecule has 0 saturated heterocycles. The second-order valence-corrected chi connectivity index (χ2v) is 5.67. The van der Waals surface area contributed by atoms with Gasteiger partial charge in [-0.3, -0.25) is 9.59 Å². The van der Waals surface area contributed by atoms with E-state index in [-0.39, 0.29) is 17.9 Å². The van der Waals surface area contributed by atoms with Crippen LogP contribution in [0.2, 0.25) is 0 Å². The number of nitrogens with one attached hydrogen (secondary N) is 2. The van der Waals surface area contributed by atoms with E-state index in [1.807, 2.05) is 6.07 Å².